The highest BCUT2D eigenvalue weighted by Gasteiger charge is 2.46. The Morgan fingerprint density at radius 1 is 0.725 bits per heavy atom. The number of hydrogen-bond donors (Lipinski definition) is 2. The van der Waals surface area contributed by atoms with Crippen LogP contribution in [0.25, 0.3) is 22.3 Å². The molecule has 19 heteroatoms. The molecule has 0 aliphatic carbocycles. The van der Waals surface area contributed by atoms with Gasteiger partial charge in [0, 0.05) is 38.1 Å². The summed E-state index contributed by atoms with van der Waals surface area (Å²) in [6.45, 7) is 4.72. The number of piperidine rings is 2. The molecule has 0 radical (unpaired) electrons. The summed E-state index contributed by atoms with van der Waals surface area (Å²) in [4.78, 5) is 75.2. The van der Waals surface area contributed by atoms with Gasteiger partial charge in [0.15, 0.2) is 5.65 Å². The van der Waals surface area contributed by atoms with E-state index in [1.807, 2.05) is 64.2 Å². The molecule has 364 valence electrons. The standard InChI is InChI=1S/C50H58N8O11/c51-46-44-45(34-16-18-37(19-17-34)69-36-11-4-3-5-12-36)55-58(47(44)53-33-52-46)35-10-9-22-56(32-35)42(60)15-6-1-2-7-23-64-24-25-65-26-27-66-28-29-67-30-31-68-40-14-8-13-38-43(40)50(63)57(49(38)62)39-20-21-41(59)54-48(39)61/h3-5,8,11-14,16-19,33,35,39H,1-2,6-7,9-10,15,20-32H2,(H2,51,52,53)(H,54,59,61)/t35-,39?/m0/s1. The number of aromatic nitrogens is 4. The number of benzene rings is 3. The summed E-state index contributed by atoms with van der Waals surface area (Å²) >= 11 is 0. The van der Waals surface area contributed by atoms with Crippen LogP contribution in [-0.4, -0.2) is 138 Å². The number of likely N-dealkylation sites (tertiary alicyclic amines) is 1. The van der Waals surface area contributed by atoms with Gasteiger partial charge in [0.25, 0.3) is 11.8 Å². The number of nitrogen functional groups attached to an aromatic ring is 1. The molecule has 0 spiro atoms. The zero-order valence-corrected chi connectivity index (χ0v) is 38.6. The van der Waals surface area contributed by atoms with Crippen LogP contribution < -0.4 is 20.5 Å². The molecule has 5 amide bonds. The van der Waals surface area contributed by atoms with Crippen molar-refractivity contribution in [2.45, 2.75) is 69.9 Å². The lowest BCUT2D eigenvalue weighted by atomic mass is 10.0. The number of carbonyl (C=O) groups is 5. The summed E-state index contributed by atoms with van der Waals surface area (Å²) in [5.41, 5.74) is 8.88. The minimum Gasteiger partial charge on any atom is -0.490 e. The number of para-hydroxylation sites is 1. The Morgan fingerprint density at radius 3 is 2.16 bits per heavy atom. The number of fused-ring (bicyclic) bond motifs is 2. The van der Waals surface area contributed by atoms with Gasteiger partial charge >= 0.3 is 0 Å². The van der Waals surface area contributed by atoms with Gasteiger partial charge in [-0.3, -0.25) is 34.2 Å². The van der Waals surface area contributed by atoms with E-state index in [0.717, 1.165) is 61.3 Å². The summed E-state index contributed by atoms with van der Waals surface area (Å²) in [7, 11) is 0. The Kier molecular flexibility index (Phi) is 16.9. The number of anilines is 1. The van der Waals surface area contributed by atoms with Crippen LogP contribution in [-0.2, 0) is 33.3 Å². The average molecular weight is 947 g/mol. The van der Waals surface area contributed by atoms with Crippen LogP contribution in [0.4, 0.5) is 5.82 Å². The lowest BCUT2D eigenvalue weighted by Gasteiger charge is -2.33. The second-order valence-corrected chi connectivity index (χ2v) is 16.9. The molecule has 19 nitrogen and oxygen atoms in total. The molecule has 0 saturated carbocycles. The van der Waals surface area contributed by atoms with Gasteiger partial charge in [-0.05, 0) is 80.6 Å². The maximum atomic E-state index is 13.3. The van der Waals surface area contributed by atoms with Crippen LogP contribution in [0.5, 0.6) is 17.2 Å². The maximum Gasteiger partial charge on any atom is 0.266 e. The van der Waals surface area contributed by atoms with Crippen LogP contribution >= 0.6 is 0 Å². The molecule has 1 unspecified atom stereocenters. The molecule has 2 saturated heterocycles. The number of hydrogen-bond acceptors (Lipinski definition) is 15. The first-order chi connectivity index (χ1) is 33.8. The second-order valence-electron chi connectivity index (χ2n) is 16.9. The van der Waals surface area contributed by atoms with Gasteiger partial charge in [-0.2, -0.15) is 5.10 Å². The monoisotopic (exact) mass is 946 g/mol. The number of carbonyl (C=O) groups excluding carboxylic acids is 5. The molecule has 5 aromatic rings. The van der Waals surface area contributed by atoms with Crippen molar-refractivity contribution in [3.63, 3.8) is 0 Å². The molecular weight excluding hydrogens is 889 g/mol. The van der Waals surface area contributed by atoms with Gasteiger partial charge in [0.1, 0.15) is 47.7 Å². The minimum atomic E-state index is -1.05. The summed E-state index contributed by atoms with van der Waals surface area (Å²) in [5.74, 6) is -0.108. The normalized spacial score (nSPS) is 17.1. The Morgan fingerprint density at radius 2 is 1.42 bits per heavy atom. The van der Waals surface area contributed by atoms with Gasteiger partial charge in [-0.1, -0.05) is 37.1 Å². The highest BCUT2D eigenvalue weighted by molar-refractivity contribution is 6.24. The van der Waals surface area contributed by atoms with Gasteiger partial charge in [-0.25, -0.2) is 14.6 Å². The minimum absolute atomic E-state index is 0.0406. The smallest absolute Gasteiger partial charge is 0.266 e. The van der Waals surface area contributed by atoms with E-state index in [4.69, 9.17) is 39.3 Å². The molecule has 2 atom stereocenters. The van der Waals surface area contributed by atoms with Crippen molar-refractivity contribution in [1.29, 1.82) is 0 Å². The molecule has 2 aromatic heterocycles. The zero-order valence-electron chi connectivity index (χ0n) is 38.6. The molecule has 3 aliphatic heterocycles. The van der Waals surface area contributed by atoms with E-state index in [-0.39, 0.29) is 54.9 Å². The summed E-state index contributed by atoms with van der Waals surface area (Å²) < 4.78 is 36.2. The van der Waals surface area contributed by atoms with Crippen molar-refractivity contribution in [2.24, 2.45) is 0 Å². The van der Waals surface area contributed by atoms with Crippen LogP contribution in [0.3, 0.4) is 0 Å². The molecule has 2 fully saturated rings. The van der Waals surface area contributed by atoms with E-state index < -0.39 is 29.7 Å². The van der Waals surface area contributed by atoms with E-state index in [2.05, 4.69) is 15.3 Å². The second kappa shape index (κ2) is 24.0. The number of nitrogens with zero attached hydrogens (tertiary/aromatic N) is 6. The molecule has 5 heterocycles. The van der Waals surface area contributed by atoms with Gasteiger partial charge in [-0.15, -0.1) is 0 Å². The maximum absolute atomic E-state index is 13.3. The third-order valence-electron chi connectivity index (χ3n) is 12.2. The molecule has 3 aliphatic rings. The van der Waals surface area contributed by atoms with E-state index in [9.17, 15) is 24.0 Å². The van der Waals surface area contributed by atoms with E-state index >= 15 is 0 Å². The Labute approximate surface area is 399 Å². The van der Waals surface area contributed by atoms with E-state index in [0.29, 0.717) is 87.5 Å². The molecular formula is C50H58N8O11. The average Bonchev–Trinajstić information content (AvgIpc) is 3.88. The molecule has 69 heavy (non-hydrogen) atoms. The topological polar surface area (TPSA) is 229 Å². The highest BCUT2D eigenvalue weighted by Crippen LogP contribution is 2.36. The third kappa shape index (κ3) is 12.3. The van der Waals surface area contributed by atoms with Gasteiger partial charge in [0.05, 0.1) is 68.8 Å². The lowest BCUT2D eigenvalue weighted by molar-refractivity contribution is -0.136. The third-order valence-corrected chi connectivity index (χ3v) is 12.2. The Hall–Kier alpha value is -6.80. The number of rotatable bonds is 25. The van der Waals surface area contributed by atoms with Crippen molar-refractivity contribution in [1.82, 2.24) is 34.9 Å². The van der Waals surface area contributed by atoms with Crippen molar-refractivity contribution >= 4 is 46.4 Å². The molecule has 3 aromatic carbocycles. The summed E-state index contributed by atoms with van der Waals surface area (Å²) in [5, 5.41) is 7.92. The number of nitrogens with one attached hydrogen (secondary N) is 1. The van der Waals surface area contributed by atoms with Crippen LogP contribution in [0.1, 0.15) is 84.5 Å². The number of ether oxygens (including phenoxy) is 6. The molecule has 0 bridgehead atoms. The van der Waals surface area contributed by atoms with Crippen molar-refractivity contribution in [2.75, 3.05) is 78.3 Å². The van der Waals surface area contributed by atoms with E-state index in [1.54, 1.807) is 12.1 Å². The Bertz CT molecular complexity index is 2570. The van der Waals surface area contributed by atoms with Crippen LogP contribution in [0, 0.1) is 0 Å². The SMILES string of the molecule is Nc1ncnc2c1c(-c1ccc(Oc3ccccc3)cc1)nn2[C@H]1CCCN(C(=O)CCCCCCOCCOCCOCCOCCOc2cccc3c2C(=O)N(C2CCC(=O)NC2=O)C3=O)C1. The predicted molar refractivity (Wildman–Crippen MR) is 252 cm³/mol. The van der Waals surface area contributed by atoms with Crippen molar-refractivity contribution < 1.29 is 52.4 Å². The molecule has 3 N–H and O–H groups in total. The number of nitrogens with two attached hydrogens (primary N) is 1. The van der Waals surface area contributed by atoms with Crippen LogP contribution in [0.2, 0.25) is 0 Å². The van der Waals surface area contributed by atoms with Gasteiger partial charge in [0.2, 0.25) is 17.7 Å². The molecule has 8 rings (SSSR count). The number of amides is 5. The predicted octanol–water partition coefficient (Wildman–Crippen LogP) is 5.53. The zero-order chi connectivity index (χ0) is 48.0. The first-order valence-electron chi connectivity index (χ1n) is 23.6. The fourth-order valence-electron chi connectivity index (χ4n) is 8.71. The van der Waals surface area contributed by atoms with Crippen LogP contribution in [0.15, 0.2) is 79.1 Å². The first-order valence-corrected chi connectivity index (χ1v) is 23.6. The highest BCUT2D eigenvalue weighted by atomic mass is 16.6. The quantitative estimate of drug-likeness (QED) is 0.0542. The first kappa shape index (κ1) is 48.6. The fraction of sp³-hybridized carbons (Fsp3) is 0.440. The summed E-state index contributed by atoms with van der Waals surface area (Å²) in [6, 6.07) is 21.0. The summed E-state index contributed by atoms with van der Waals surface area (Å²) in [6.07, 6.45) is 7.47. The lowest BCUT2D eigenvalue weighted by Crippen LogP contribution is -2.54. The fourth-order valence-corrected chi connectivity index (χ4v) is 8.71. The number of unbranched alkanes of at least 4 members (excludes halogenated alkanes) is 3. The number of imide groups is 2. The van der Waals surface area contributed by atoms with Crippen molar-refractivity contribution in [3.05, 3.63) is 90.3 Å². The van der Waals surface area contributed by atoms with E-state index in [1.165, 1.54) is 12.4 Å². The largest absolute Gasteiger partial charge is 0.490 e. The van der Waals surface area contributed by atoms with Crippen molar-refractivity contribution in [3.8, 4) is 28.5 Å². The Balaban J connectivity index is 0.640. The van der Waals surface area contributed by atoms with Gasteiger partial charge < -0.3 is 39.1 Å².